The zero-order chi connectivity index (χ0) is 15.3. The Morgan fingerprint density at radius 3 is 2.32 bits per heavy atom. The summed E-state index contributed by atoms with van der Waals surface area (Å²) in [5.41, 5.74) is 10.8. The Morgan fingerprint density at radius 2 is 1.55 bits per heavy atom. The van der Waals surface area contributed by atoms with Gasteiger partial charge in [0.15, 0.2) is 0 Å². The van der Waals surface area contributed by atoms with Crippen LogP contribution >= 0.6 is 0 Å². The van der Waals surface area contributed by atoms with E-state index in [1.165, 1.54) is 0 Å². The molecule has 0 amide bonds. The first kappa shape index (κ1) is 12.8. The highest BCUT2D eigenvalue weighted by Crippen LogP contribution is 2.35. The summed E-state index contributed by atoms with van der Waals surface area (Å²) in [6.45, 7) is 0. The summed E-state index contributed by atoms with van der Waals surface area (Å²) in [7, 11) is 2.06. The summed E-state index contributed by atoms with van der Waals surface area (Å²) >= 11 is 0. The fourth-order valence-corrected chi connectivity index (χ4v) is 3.12. The van der Waals surface area contributed by atoms with Crippen molar-refractivity contribution in [1.29, 1.82) is 0 Å². The number of nitrogen functional groups attached to an aromatic ring is 1. The smallest absolute Gasteiger partial charge is 0.123 e. The van der Waals surface area contributed by atoms with Gasteiger partial charge in [-0.1, -0.05) is 24.3 Å². The first-order valence-corrected chi connectivity index (χ1v) is 7.21. The minimum Gasteiger partial charge on any atom is -0.507 e. The molecular weight excluding hydrogens is 272 g/mol. The third-order valence-corrected chi connectivity index (χ3v) is 4.25. The number of hydrogen-bond acceptors (Lipinski definition) is 2. The largest absolute Gasteiger partial charge is 0.507 e. The van der Waals surface area contributed by atoms with Gasteiger partial charge in [-0.2, -0.15) is 0 Å². The van der Waals surface area contributed by atoms with Crippen molar-refractivity contribution in [3.8, 4) is 16.9 Å². The van der Waals surface area contributed by atoms with E-state index >= 15 is 0 Å². The number of fused-ring (bicyclic) bond motifs is 3. The number of nitrogens with zero attached hydrogens (tertiary/aromatic N) is 1. The molecule has 4 rings (SSSR count). The second-order valence-electron chi connectivity index (χ2n) is 5.58. The summed E-state index contributed by atoms with van der Waals surface area (Å²) in [6, 6.07) is 19.6. The van der Waals surface area contributed by atoms with Crippen molar-refractivity contribution in [3.05, 3.63) is 60.7 Å². The molecular formula is C19H16N2O. The molecule has 4 aromatic rings. The average Bonchev–Trinajstić information content (AvgIpc) is 2.80. The molecule has 0 atom stereocenters. The number of hydrogen-bond donors (Lipinski definition) is 2. The van der Waals surface area contributed by atoms with Crippen LogP contribution in [0.4, 0.5) is 5.69 Å². The van der Waals surface area contributed by atoms with E-state index in [1.807, 2.05) is 42.5 Å². The topological polar surface area (TPSA) is 51.2 Å². The minimum absolute atomic E-state index is 0.293. The lowest BCUT2D eigenvalue weighted by atomic mass is 10.0. The van der Waals surface area contributed by atoms with Gasteiger partial charge in [-0.05, 0) is 42.0 Å². The standard InChI is InChI=1S/C19H16N2O/c1-21-17-8-6-12(14-4-2-3-5-19(14)22)10-15(17)16-11-13(20)7-9-18(16)21/h2-11,22H,20H2,1H3. The first-order valence-electron chi connectivity index (χ1n) is 7.21. The number of benzene rings is 3. The fraction of sp³-hybridized carbons (Fsp3) is 0.0526. The van der Waals surface area contributed by atoms with Gasteiger partial charge in [-0.3, -0.25) is 0 Å². The summed E-state index contributed by atoms with van der Waals surface area (Å²) in [4.78, 5) is 0. The third-order valence-electron chi connectivity index (χ3n) is 4.25. The number of aryl methyl sites for hydroxylation is 1. The molecule has 0 unspecified atom stereocenters. The van der Waals surface area contributed by atoms with Crippen molar-refractivity contribution in [3.63, 3.8) is 0 Å². The normalized spacial score (nSPS) is 11.3. The predicted octanol–water partition coefficient (Wildman–Crippen LogP) is 4.29. The van der Waals surface area contributed by atoms with Crippen molar-refractivity contribution in [1.82, 2.24) is 4.57 Å². The van der Waals surface area contributed by atoms with E-state index in [-0.39, 0.29) is 0 Å². The molecule has 3 N–H and O–H groups in total. The first-order chi connectivity index (χ1) is 10.6. The zero-order valence-corrected chi connectivity index (χ0v) is 12.2. The Morgan fingerprint density at radius 1 is 0.864 bits per heavy atom. The molecule has 0 radical (unpaired) electrons. The van der Waals surface area contributed by atoms with Gasteiger partial charge >= 0.3 is 0 Å². The lowest BCUT2D eigenvalue weighted by Gasteiger charge is -2.05. The number of phenols is 1. The second kappa shape index (κ2) is 4.53. The average molecular weight is 288 g/mol. The van der Waals surface area contributed by atoms with E-state index in [0.29, 0.717) is 5.75 Å². The maximum atomic E-state index is 10.1. The van der Waals surface area contributed by atoms with E-state index in [4.69, 9.17) is 5.73 Å². The van der Waals surface area contributed by atoms with Crippen LogP contribution in [0.3, 0.4) is 0 Å². The molecule has 0 aliphatic heterocycles. The highest BCUT2D eigenvalue weighted by atomic mass is 16.3. The maximum absolute atomic E-state index is 10.1. The predicted molar refractivity (Wildman–Crippen MR) is 91.9 cm³/mol. The summed E-state index contributed by atoms with van der Waals surface area (Å²) in [5, 5.41) is 12.4. The van der Waals surface area contributed by atoms with Crippen LogP contribution in [0.15, 0.2) is 60.7 Å². The lowest BCUT2D eigenvalue weighted by molar-refractivity contribution is 0.477. The Hall–Kier alpha value is -2.94. The van der Waals surface area contributed by atoms with Crippen LogP contribution in [0.2, 0.25) is 0 Å². The van der Waals surface area contributed by atoms with Crippen molar-refractivity contribution in [2.75, 3.05) is 5.73 Å². The third kappa shape index (κ3) is 1.76. The molecule has 22 heavy (non-hydrogen) atoms. The maximum Gasteiger partial charge on any atom is 0.123 e. The van der Waals surface area contributed by atoms with E-state index < -0.39 is 0 Å². The van der Waals surface area contributed by atoms with Gasteiger partial charge in [-0.25, -0.2) is 0 Å². The molecule has 0 fully saturated rings. The SMILES string of the molecule is Cn1c2ccc(N)cc2c2cc(-c3ccccc3O)ccc21. The fourth-order valence-electron chi connectivity index (χ4n) is 3.12. The molecule has 0 aliphatic rings. The number of aromatic nitrogens is 1. The highest BCUT2D eigenvalue weighted by Gasteiger charge is 2.11. The number of anilines is 1. The van der Waals surface area contributed by atoms with E-state index in [0.717, 1.165) is 38.6 Å². The van der Waals surface area contributed by atoms with Gasteiger partial charge in [0.2, 0.25) is 0 Å². The van der Waals surface area contributed by atoms with Gasteiger partial charge in [-0.15, -0.1) is 0 Å². The van der Waals surface area contributed by atoms with Gasteiger partial charge < -0.3 is 15.4 Å². The van der Waals surface area contributed by atoms with Crippen LogP contribution in [0.5, 0.6) is 5.75 Å². The Bertz CT molecular complexity index is 1010. The van der Waals surface area contributed by atoms with Gasteiger partial charge in [0.1, 0.15) is 5.75 Å². The van der Waals surface area contributed by atoms with Gasteiger partial charge in [0, 0.05) is 40.1 Å². The minimum atomic E-state index is 0.293. The van der Waals surface area contributed by atoms with Gasteiger partial charge in [0.25, 0.3) is 0 Å². The number of phenolic OH excluding ortho intramolecular Hbond substituents is 1. The second-order valence-corrected chi connectivity index (χ2v) is 5.58. The number of aromatic hydroxyl groups is 1. The van der Waals surface area contributed by atoms with E-state index in [1.54, 1.807) is 6.07 Å². The Kier molecular flexibility index (Phi) is 2.63. The number of nitrogens with two attached hydrogens (primary N) is 1. The zero-order valence-electron chi connectivity index (χ0n) is 12.2. The molecule has 3 heteroatoms. The van der Waals surface area contributed by atoms with E-state index in [9.17, 15) is 5.11 Å². The summed E-state index contributed by atoms with van der Waals surface area (Å²) in [6.07, 6.45) is 0. The van der Waals surface area contributed by atoms with Crippen LogP contribution in [0.1, 0.15) is 0 Å². The molecule has 0 spiro atoms. The molecule has 0 saturated carbocycles. The molecule has 1 heterocycles. The molecule has 1 aromatic heterocycles. The molecule has 108 valence electrons. The van der Waals surface area contributed by atoms with Crippen LogP contribution in [0.25, 0.3) is 32.9 Å². The molecule has 0 saturated heterocycles. The van der Waals surface area contributed by atoms with Crippen molar-refractivity contribution in [2.45, 2.75) is 0 Å². The summed E-state index contributed by atoms with van der Waals surface area (Å²) in [5.74, 6) is 0.293. The number of rotatable bonds is 1. The molecule has 0 aliphatic carbocycles. The number of para-hydroxylation sites is 1. The van der Waals surface area contributed by atoms with Crippen molar-refractivity contribution >= 4 is 27.5 Å². The van der Waals surface area contributed by atoms with Gasteiger partial charge in [0.05, 0.1) is 0 Å². The van der Waals surface area contributed by atoms with Crippen LogP contribution in [-0.2, 0) is 7.05 Å². The van der Waals surface area contributed by atoms with Crippen molar-refractivity contribution < 1.29 is 5.11 Å². The van der Waals surface area contributed by atoms with Crippen LogP contribution < -0.4 is 5.73 Å². The summed E-state index contributed by atoms with van der Waals surface area (Å²) < 4.78 is 2.17. The Balaban J connectivity index is 2.07. The quantitative estimate of drug-likeness (QED) is 0.513. The van der Waals surface area contributed by atoms with Crippen LogP contribution in [-0.4, -0.2) is 9.67 Å². The van der Waals surface area contributed by atoms with E-state index in [2.05, 4.69) is 23.7 Å². The molecule has 3 nitrogen and oxygen atoms in total. The molecule has 0 bridgehead atoms. The lowest BCUT2D eigenvalue weighted by Crippen LogP contribution is -1.87. The molecule has 3 aromatic carbocycles. The van der Waals surface area contributed by atoms with Crippen molar-refractivity contribution in [2.24, 2.45) is 7.05 Å². The monoisotopic (exact) mass is 288 g/mol. The Labute approximate surface area is 128 Å². The highest BCUT2D eigenvalue weighted by molar-refractivity contribution is 6.10. The van der Waals surface area contributed by atoms with Crippen LogP contribution in [0, 0.1) is 0 Å².